The fourth-order valence-corrected chi connectivity index (χ4v) is 5.27. The molecular weight excluding hydrogens is 458 g/mol. The van der Waals surface area contributed by atoms with Gasteiger partial charge in [-0.3, -0.25) is 9.52 Å². The highest BCUT2D eigenvalue weighted by Gasteiger charge is 2.30. The van der Waals surface area contributed by atoms with Crippen molar-refractivity contribution in [3.8, 4) is 0 Å². The van der Waals surface area contributed by atoms with E-state index in [1.54, 1.807) is 43.3 Å². The van der Waals surface area contributed by atoms with Crippen molar-refractivity contribution in [1.29, 1.82) is 0 Å². The van der Waals surface area contributed by atoms with Gasteiger partial charge in [0.1, 0.15) is 15.6 Å². The van der Waals surface area contributed by atoms with Crippen LogP contribution in [0.3, 0.4) is 0 Å². The number of hydrogen-bond acceptors (Lipinski definition) is 6. The number of sulfonamides is 1. The van der Waals surface area contributed by atoms with Crippen molar-refractivity contribution >= 4 is 62.4 Å². The Balaban J connectivity index is 1.49. The summed E-state index contributed by atoms with van der Waals surface area (Å²) >= 11 is 7.18. The van der Waals surface area contributed by atoms with E-state index in [2.05, 4.69) is 15.2 Å². The first-order valence-electron chi connectivity index (χ1n) is 9.57. The molecule has 31 heavy (non-hydrogen) atoms. The first-order valence-corrected chi connectivity index (χ1v) is 12.2. The molecule has 1 aliphatic rings. The summed E-state index contributed by atoms with van der Waals surface area (Å²) in [5, 5.41) is 7.26. The number of amides is 1. The second-order valence-electron chi connectivity index (χ2n) is 7.33. The van der Waals surface area contributed by atoms with Gasteiger partial charge >= 0.3 is 0 Å². The van der Waals surface area contributed by atoms with Crippen LogP contribution in [0, 0.1) is 19.8 Å². The summed E-state index contributed by atoms with van der Waals surface area (Å²) in [4.78, 5) is 12.8. The van der Waals surface area contributed by atoms with E-state index in [0.29, 0.717) is 32.7 Å². The van der Waals surface area contributed by atoms with Gasteiger partial charge in [0.2, 0.25) is 5.91 Å². The highest BCUT2D eigenvalue weighted by Crippen LogP contribution is 2.32. The lowest BCUT2D eigenvalue weighted by molar-refractivity contribution is -0.117. The number of anilines is 2. The van der Waals surface area contributed by atoms with Gasteiger partial charge in [-0.1, -0.05) is 22.8 Å². The van der Waals surface area contributed by atoms with Crippen LogP contribution in [-0.2, 0) is 14.8 Å². The van der Waals surface area contributed by atoms with E-state index in [1.807, 2.05) is 6.92 Å². The number of aryl methyl sites for hydroxylation is 2. The number of hydrogen-bond donors (Lipinski definition) is 2. The number of rotatable bonds is 7. The van der Waals surface area contributed by atoms with Crippen molar-refractivity contribution in [2.75, 3.05) is 10.0 Å². The van der Waals surface area contributed by atoms with Crippen LogP contribution in [-0.4, -0.2) is 19.5 Å². The molecule has 1 fully saturated rings. The Morgan fingerprint density at radius 1 is 1.23 bits per heavy atom. The van der Waals surface area contributed by atoms with Gasteiger partial charge in [-0.25, -0.2) is 8.42 Å². The average molecular weight is 478 g/mol. The molecule has 0 aliphatic heterocycles. The molecule has 1 aromatic carbocycles. The van der Waals surface area contributed by atoms with Gasteiger partial charge in [-0.2, -0.15) is 0 Å². The highest BCUT2D eigenvalue weighted by atomic mass is 35.5. The number of carbonyl (C=O) groups excluding carboxylic acids is 1. The van der Waals surface area contributed by atoms with E-state index >= 15 is 0 Å². The smallest absolute Gasteiger partial charge is 0.271 e. The highest BCUT2D eigenvalue weighted by molar-refractivity contribution is 7.94. The number of nitrogens with zero attached hydrogens (tertiary/aromatic N) is 1. The zero-order valence-electron chi connectivity index (χ0n) is 16.8. The van der Waals surface area contributed by atoms with Crippen molar-refractivity contribution in [1.82, 2.24) is 5.16 Å². The predicted octanol–water partition coefficient (Wildman–Crippen LogP) is 5.33. The van der Waals surface area contributed by atoms with E-state index in [0.717, 1.165) is 29.7 Å². The molecular formula is C21H20ClN3O4S2. The van der Waals surface area contributed by atoms with E-state index in [4.69, 9.17) is 16.1 Å². The van der Waals surface area contributed by atoms with Crippen molar-refractivity contribution in [3.05, 3.63) is 57.2 Å². The van der Waals surface area contributed by atoms with Crippen LogP contribution >= 0.6 is 22.9 Å². The molecule has 0 radical (unpaired) electrons. The third-order valence-electron chi connectivity index (χ3n) is 4.78. The molecule has 10 heteroatoms. The second-order valence-corrected chi connectivity index (χ2v) is 10.8. The Labute approximate surface area is 189 Å². The molecule has 0 bridgehead atoms. The molecule has 0 spiro atoms. The molecule has 0 saturated heterocycles. The minimum Gasteiger partial charge on any atom is -0.354 e. The standard InChI is InChI=1S/C21H20ClN3O4S2/c1-12-3-6-15(11-17(12)22)25-31(27,28)19-10-8-16(30-19)7-9-18-20(13(2)24-29-18)23-21(26)14-4-5-14/h3,6-11,14,25H,4-5H2,1-2H3,(H,23,26). The lowest BCUT2D eigenvalue weighted by atomic mass is 10.2. The third-order valence-corrected chi connectivity index (χ3v) is 8.11. The minimum atomic E-state index is -3.74. The Morgan fingerprint density at radius 2 is 2.00 bits per heavy atom. The maximum atomic E-state index is 12.7. The van der Waals surface area contributed by atoms with Crippen LogP contribution in [0.25, 0.3) is 12.2 Å². The molecule has 2 aromatic heterocycles. The first kappa shape index (κ1) is 21.6. The number of aromatic nitrogens is 1. The fourth-order valence-electron chi connectivity index (χ4n) is 2.81. The Bertz CT molecular complexity index is 1270. The van der Waals surface area contributed by atoms with E-state index < -0.39 is 10.0 Å². The van der Waals surface area contributed by atoms with Gasteiger partial charge in [0.15, 0.2) is 5.76 Å². The fraction of sp³-hybridized carbons (Fsp3) is 0.238. The van der Waals surface area contributed by atoms with Crippen molar-refractivity contribution in [2.24, 2.45) is 5.92 Å². The minimum absolute atomic E-state index is 0.0345. The number of benzene rings is 1. The zero-order chi connectivity index (χ0) is 22.2. The van der Waals surface area contributed by atoms with Crippen LogP contribution in [0.5, 0.6) is 0 Å². The van der Waals surface area contributed by atoms with Crippen LogP contribution in [0.4, 0.5) is 11.4 Å². The number of halogens is 1. The van der Waals surface area contributed by atoms with Crippen LogP contribution in [0.15, 0.2) is 39.1 Å². The summed E-state index contributed by atoms with van der Waals surface area (Å²) in [5.74, 6) is 0.441. The van der Waals surface area contributed by atoms with Crippen LogP contribution in [0.2, 0.25) is 5.02 Å². The number of nitrogens with one attached hydrogen (secondary N) is 2. The molecule has 2 N–H and O–H groups in total. The maximum Gasteiger partial charge on any atom is 0.271 e. The number of thiophene rings is 1. The Hall–Kier alpha value is -2.62. The molecule has 1 amide bonds. The largest absolute Gasteiger partial charge is 0.354 e. The monoisotopic (exact) mass is 477 g/mol. The van der Waals surface area contributed by atoms with Crippen molar-refractivity contribution in [3.63, 3.8) is 0 Å². The molecule has 1 saturated carbocycles. The van der Waals surface area contributed by atoms with E-state index in [9.17, 15) is 13.2 Å². The summed E-state index contributed by atoms with van der Waals surface area (Å²) in [7, 11) is -3.74. The maximum absolute atomic E-state index is 12.7. The Kier molecular flexibility index (Phi) is 5.92. The summed E-state index contributed by atoms with van der Waals surface area (Å²) in [5.41, 5.74) is 2.39. The summed E-state index contributed by atoms with van der Waals surface area (Å²) in [6, 6.07) is 8.22. The van der Waals surface area contributed by atoms with Gasteiger partial charge < -0.3 is 9.84 Å². The second kappa shape index (κ2) is 8.49. The lowest BCUT2D eigenvalue weighted by Crippen LogP contribution is -2.14. The van der Waals surface area contributed by atoms with Gasteiger partial charge in [-0.15, -0.1) is 11.3 Å². The molecule has 0 unspecified atom stereocenters. The topological polar surface area (TPSA) is 101 Å². The number of carbonyl (C=O) groups is 1. The molecule has 0 atom stereocenters. The average Bonchev–Trinajstić information content (AvgIpc) is 3.36. The quantitative estimate of drug-likeness (QED) is 0.479. The van der Waals surface area contributed by atoms with E-state index in [-0.39, 0.29) is 16.0 Å². The molecule has 2 heterocycles. The SMILES string of the molecule is Cc1ccc(NS(=O)(=O)c2ccc(C=Cc3onc(C)c3NC(=O)C3CC3)s2)cc1Cl. The molecule has 162 valence electrons. The van der Waals surface area contributed by atoms with Crippen LogP contribution < -0.4 is 10.0 Å². The van der Waals surface area contributed by atoms with E-state index in [1.165, 1.54) is 6.07 Å². The molecule has 7 nitrogen and oxygen atoms in total. The van der Waals surface area contributed by atoms with Gasteiger partial charge in [0.05, 0.1) is 5.69 Å². The molecule has 3 aromatic rings. The predicted molar refractivity (Wildman–Crippen MR) is 123 cm³/mol. The summed E-state index contributed by atoms with van der Waals surface area (Å²) in [6.45, 7) is 3.60. The third kappa shape index (κ3) is 5.00. The van der Waals surface area contributed by atoms with Crippen LogP contribution in [0.1, 0.15) is 34.7 Å². The van der Waals surface area contributed by atoms with Crippen molar-refractivity contribution < 1.29 is 17.7 Å². The molecule has 4 rings (SSSR count). The van der Waals surface area contributed by atoms with Gasteiger partial charge in [0.25, 0.3) is 10.0 Å². The Morgan fingerprint density at radius 3 is 2.71 bits per heavy atom. The summed E-state index contributed by atoms with van der Waals surface area (Å²) in [6.07, 6.45) is 5.18. The van der Waals surface area contributed by atoms with Gasteiger partial charge in [-0.05, 0) is 68.7 Å². The molecule has 1 aliphatic carbocycles. The zero-order valence-corrected chi connectivity index (χ0v) is 19.2. The normalized spacial score (nSPS) is 14.2. The van der Waals surface area contributed by atoms with Crippen molar-refractivity contribution in [2.45, 2.75) is 30.9 Å². The summed E-state index contributed by atoms with van der Waals surface area (Å²) < 4.78 is 33.4. The lowest BCUT2D eigenvalue weighted by Gasteiger charge is -2.07. The van der Waals surface area contributed by atoms with Gasteiger partial charge in [0, 0.05) is 15.8 Å². The first-order chi connectivity index (χ1) is 14.7.